The summed E-state index contributed by atoms with van der Waals surface area (Å²) in [5.41, 5.74) is 7.33. The number of ether oxygens (including phenoxy) is 1. The fraction of sp³-hybridized carbons (Fsp3) is 0.188. The molecule has 0 spiro atoms. The molecule has 0 aromatic heterocycles. The third-order valence-corrected chi connectivity index (χ3v) is 2.95. The van der Waals surface area contributed by atoms with Crippen molar-refractivity contribution in [2.45, 2.75) is 13.5 Å². The molecule has 0 fully saturated rings. The lowest BCUT2D eigenvalue weighted by atomic mass is 10.1. The van der Waals surface area contributed by atoms with Gasteiger partial charge >= 0.3 is 0 Å². The molecule has 0 heterocycles. The molecule has 3 N–H and O–H groups in total. The van der Waals surface area contributed by atoms with Gasteiger partial charge in [0, 0.05) is 12.2 Å². The van der Waals surface area contributed by atoms with Gasteiger partial charge in [-0.3, -0.25) is 4.79 Å². The van der Waals surface area contributed by atoms with Crippen molar-refractivity contribution in [2.75, 3.05) is 12.3 Å². The Morgan fingerprint density at radius 2 is 1.95 bits per heavy atom. The molecule has 2 aromatic rings. The van der Waals surface area contributed by atoms with Crippen LogP contribution in [0, 0.1) is 5.82 Å². The second-order valence-corrected chi connectivity index (χ2v) is 4.46. The summed E-state index contributed by atoms with van der Waals surface area (Å²) >= 11 is 0. The first-order valence-electron chi connectivity index (χ1n) is 6.65. The van der Waals surface area contributed by atoms with Gasteiger partial charge in [-0.25, -0.2) is 4.39 Å². The lowest BCUT2D eigenvalue weighted by Gasteiger charge is -2.12. The predicted octanol–water partition coefficient (Wildman–Crippen LogP) is 2.74. The van der Waals surface area contributed by atoms with E-state index >= 15 is 0 Å². The van der Waals surface area contributed by atoms with E-state index in [9.17, 15) is 9.18 Å². The van der Waals surface area contributed by atoms with Gasteiger partial charge in [-0.15, -0.1) is 0 Å². The van der Waals surface area contributed by atoms with Crippen LogP contribution in [0.3, 0.4) is 0 Å². The zero-order valence-corrected chi connectivity index (χ0v) is 11.7. The van der Waals surface area contributed by atoms with Crippen molar-refractivity contribution in [2.24, 2.45) is 0 Å². The van der Waals surface area contributed by atoms with Crippen LogP contribution < -0.4 is 15.8 Å². The first-order chi connectivity index (χ1) is 10.1. The highest BCUT2D eigenvalue weighted by Gasteiger charge is 2.15. The monoisotopic (exact) mass is 288 g/mol. The molecule has 0 aliphatic carbocycles. The van der Waals surface area contributed by atoms with Gasteiger partial charge in [-0.1, -0.05) is 18.2 Å². The van der Waals surface area contributed by atoms with E-state index in [2.05, 4.69) is 5.32 Å². The Bertz CT molecular complexity index is 627. The van der Waals surface area contributed by atoms with E-state index in [1.54, 1.807) is 30.3 Å². The Hall–Kier alpha value is -2.56. The van der Waals surface area contributed by atoms with Crippen molar-refractivity contribution in [3.63, 3.8) is 0 Å². The van der Waals surface area contributed by atoms with Crippen LogP contribution >= 0.6 is 0 Å². The van der Waals surface area contributed by atoms with E-state index in [4.69, 9.17) is 10.5 Å². The molecule has 0 radical (unpaired) electrons. The third kappa shape index (κ3) is 3.72. The molecular formula is C16H17FN2O2. The normalized spacial score (nSPS) is 10.2. The predicted molar refractivity (Wildman–Crippen MR) is 79.6 cm³/mol. The van der Waals surface area contributed by atoms with E-state index < -0.39 is 0 Å². The Morgan fingerprint density at radius 1 is 1.24 bits per heavy atom. The average molecular weight is 288 g/mol. The minimum Gasteiger partial charge on any atom is -0.493 e. The summed E-state index contributed by atoms with van der Waals surface area (Å²) in [6, 6.07) is 11.0. The smallest absolute Gasteiger partial charge is 0.257 e. The molecule has 110 valence electrons. The molecule has 0 aliphatic heterocycles. The van der Waals surface area contributed by atoms with E-state index in [0.29, 0.717) is 30.2 Å². The Kier molecular flexibility index (Phi) is 4.77. The quantitative estimate of drug-likeness (QED) is 0.831. The number of hydrogen-bond donors (Lipinski definition) is 2. The summed E-state index contributed by atoms with van der Waals surface area (Å²) in [5.74, 6) is -0.175. The molecule has 21 heavy (non-hydrogen) atoms. The maximum Gasteiger partial charge on any atom is 0.257 e. The molecule has 0 unspecified atom stereocenters. The molecule has 0 atom stereocenters. The molecule has 1 amide bonds. The molecule has 0 aliphatic rings. The van der Waals surface area contributed by atoms with Crippen LogP contribution in [0.4, 0.5) is 10.1 Å². The Morgan fingerprint density at radius 3 is 2.62 bits per heavy atom. The van der Waals surface area contributed by atoms with Crippen molar-refractivity contribution in [3.8, 4) is 5.75 Å². The van der Waals surface area contributed by atoms with Crippen LogP contribution in [-0.2, 0) is 6.54 Å². The molecule has 5 heteroatoms. The van der Waals surface area contributed by atoms with Crippen LogP contribution in [-0.4, -0.2) is 12.5 Å². The average Bonchev–Trinajstić information content (AvgIpc) is 2.47. The number of amides is 1. The summed E-state index contributed by atoms with van der Waals surface area (Å²) in [6.45, 7) is 2.57. The van der Waals surface area contributed by atoms with Crippen molar-refractivity contribution in [3.05, 3.63) is 59.4 Å². The molecule has 4 nitrogen and oxygen atoms in total. The van der Waals surface area contributed by atoms with Crippen LogP contribution in [0.5, 0.6) is 5.75 Å². The second kappa shape index (κ2) is 6.74. The van der Waals surface area contributed by atoms with Crippen molar-refractivity contribution in [1.29, 1.82) is 0 Å². The van der Waals surface area contributed by atoms with Gasteiger partial charge in [-0.05, 0) is 36.8 Å². The standard InChI is InChI=1S/C16H17FN2O2/c1-2-21-14-5-3-4-13(18)15(14)16(20)19-10-11-6-8-12(17)9-7-11/h3-9H,2,10,18H2,1H3,(H,19,20). The lowest BCUT2D eigenvalue weighted by molar-refractivity contribution is 0.0948. The number of nitrogens with one attached hydrogen (secondary N) is 1. The highest BCUT2D eigenvalue weighted by atomic mass is 19.1. The van der Waals surface area contributed by atoms with E-state index in [-0.39, 0.29) is 11.7 Å². The number of rotatable bonds is 5. The number of hydrogen-bond acceptors (Lipinski definition) is 3. The Balaban J connectivity index is 2.11. The SMILES string of the molecule is CCOc1cccc(N)c1C(=O)NCc1ccc(F)cc1. The van der Waals surface area contributed by atoms with E-state index in [1.807, 2.05) is 6.92 Å². The number of carbonyl (C=O) groups is 1. The third-order valence-electron chi connectivity index (χ3n) is 2.95. The van der Waals surface area contributed by atoms with Crippen LogP contribution in [0.1, 0.15) is 22.8 Å². The minimum atomic E-state index is -0.319. The van der Waals surface area contributed by atoms with Gasteiger partial charge in [-0.2, -0.15) is 0 Å². The van der Waals surface area contributed by atoms with Crippen LogP contribution in [0.25, 0.3) is 0 Å². The maximum absolute atomic E-state index is 12.8. The zero-order chi connectivity index (χ0) is 15.2. The highest BCUT2D eigenvalue weighted by Crippen LogP contribution is 2.24. The molecule has 0 saturated heterocycles. The fourth-order valence-electron chi connectivity index (χ4n) is 1.94. The van der Waals surface area contributed by atoms with E-state index in [1.165, 1.54) is 12.1 Å². The summed E-state index contributed by atoms with van der Waals surface area (Å²) < 4.78 is 18.2. The number of benzene rings is 2. The first-order valence-corrected chi connectivity index (χ1v) is 6.65. The number of anilines is 1. The maximum atomic E-state index is 12.8. The van der Waals surface area contributed by atoms with Gasteiger partial charge in [0.15, 0.2) is 0 Å². The Labute approximate surface area is 122 Å². The van der Waals surface area contributed by atoms with Crippen LogP contribution in [0.15, 0.2) is 42.5 Å². The topological polar surface area (TPSA) is 64.3 Å². The van der Waals surface area contributed by atoms with Crippen molar-refractivity contribution in [1.82, 2.24) is 5.32 Å². The molecular weight excluding hydrogens is 271 g/mol. The van der Waals surface area contributed by atoms with Crippen molar-refractivity contribution >= 4 is 11.6 Å². The van der Waals surface area contributed by atoms with Gasteiger partial charge < -0.3 is 15.8 Å². The van der Waals surface area contributed by atoms with Gasteiger partial charge in [0.25, 0.3) is 5.91 Å². The summed E-state index contributed by atoms with van der Waals surface area (Å²) in [5, 5.41) is 2.75. The molecule has 2 rings (SSSR count). The largest absolute Gasteiger partial charge is 0.493 e. The minimum absolute atomic E-state index is 0.291. The van der Waals surface area contributed by atoms with Gasteiger partial charge in [0.1, 0.15) is 17.1 Å². The molecule has 0 bridgehead atoms. The molecule has 2 aromatic carbocycles. The fourth-order valence-corrected chi connectivity index (χ4v) is 1.94. The van der Waals surface area contributed by atoms with Crippen molar-refractivity contribution < 1.29 is 13.9 Å². The number of carbonyl (C=O) groups excluding carboxylic acids is 1. The second-order valence-electron chi connectivity index (χ2n) is 4.46. The van der Waals surface area contributed by atoms with Gasteiger partial charge in [0.05, 0.1) is 6.61 Å². The molecule has 0 saturated carbocycles. The summed E-state index contributed by atoms with van der Waals surface area (Å²) in [6.07, 6.45) is 0. The van der Waals surface area contributed by atoms with Gasteiger partial charge in [0.2, 0.25) is 0 Å². The number of nitrogens with two attached hydrogens (primary N) is 1. The number of halogens is 1. The first kappa shape index (κ1) is 14.8. The van der Waals surface area contributed by atoms with Crippen LogP contribution in [0.2, 0.25) is 0 Å². The number of nitrogen functional groups attached to an aromatic ring is 1. The lowest BCUT2D eigenvalue weighted by Crippen LogP contribution is -2.24. The summed E-state index contributed by atoms with van der Waals surface area (Å²) in [7, 11) is 0. The van der Waals surface area contributed by atoms with E-state index in [0.717, 1.165) is 5.56 Å². The summed E-state index contributed by atoms with van der Waals surface area (Å²) in [4.78, 5) is 12.3. The zero-order valence-electron chi connectivity index (χ0n) is 11.7. The highest BCUT2D eigenvalue weighted by molar-refractivity contribution is 6.01.